The van der Waals surface area contributed by atoms with Crippen molar-refractivity contribution in [2.75, 3.05) is 6.26 Å². The van der Waals surface area contributed by atoms with Gasteiger partial charge in [-0.15, -0.1) is 0 Å². The van der Waals surface area contributed by atoms with E-state index in [0.29, 0.717) is 5.52 Å². The SMILES string of the molecule is CS(=O)(=O)c1ccc2c(ccc3cccnc32)n1. The van der Waals surface area contributed by atoms with E-state index in [4.69, 9.17) is 0 Å². The zero-order chi connectivity index (χ0) is 12.8. The van der Waals surface area contributed by atoms with Crippen molar-refractivity contribution >= 4 is 31.6 Å². The molecular weight excluding hydrogens is 248 g/mol. The quantitative estimate of drug-likeness (QED) is 0.628. The van der Waals surface area contributed by atoms with Crippen molar-refractivity contribution in [3.63, 3.8) is 0 Å². The van der Waals surface area contributed by atoms with Gasteiger partial charge < -0.3 is 0 Å². The van der Waals surface area contributed by atoms with Crippen molar-refractivity contribution in [2.24, 2.45) is 0 Å². The Labute approximate surface area is 104 Å². The van der Waals surface area contributed by atoms with E-state index in [1.165, 1.54) is 6.07 Å². The lowest BCUT2D eigenvalue weighted by Gasteiger charge is -2.04. The molecule has 5 heteroatoms. The summed E-state index contributed by atoms with van der Waals surface area (Å²) in [5, 5.41) is 1.96. The summed E-state index contributed by atoms with van der Waals surface area (Å²) in [6.07, 6.45) is 2.87. The van der Waals surface area contributed by atoms with Crippen molar-refractivity contribution in [2.45, 2.75) is 5.03 Å². The lowest BCUT2D eigenvalue weighted by atomic mass is 10.1. The zero-order valence-corrected chi connectivity index (χ0v) is 10.5. The molecule has 0 saturated carbocycles. The predicted octanol–water partition coefficient (Wildman–Crippen LogP) is 2.19. The summed E-state index contributed by atoms with van der Waals surface area (Å²) >= 11 is 0. The van der Waals surface area contributed by atoms with Crippen molar-refractivity contribution in [1.82, 2.24) is 9.97 Å². The van der Waals surface area contributed by atoms with Gasteiger partial charge >= 0.3 is 0 Å². The van der Waals surface area contributed by atoms with Gasteiger partial charge in [-0.3, -0.25) is 4.98 Å². The van der Waals surface area contributed by atoms with Crippen LogP contribution in [0.25, 0.3) is 21.8 Å². The molecule has 3 rings (SSSR count). The lowest BCUT2D eigenvalue weighted by molar-refractivity contribution is 0.599. The van der Waals surface area contributed by atoms with Gasteiger partial charge in [0.1, 0.15) is 0 Å². The Morgan fingerprint density at radius 3 is 2.67 bits per heavy atom. The fraction of sp³-hybridized carbons (Fsp3) is 0.0769. The van der Waals surface area contributed by atoms with Gasteiger partial charge in [0.25, 0.3) is 0 Å². The number of nitrogens with zero attached hydrogens (tertiary/aromatic N) is 2. The zero-order valence-electron chi connectivity index (χ0n) is 9.66. The average Bonchev–Trinajstić information content (AvgIpc) is 2.37. The fourth-order valence-corrected chi connectivity index (χ4v) is 2.52. The largest absolute Gasteiger partial charge is 0.256 e. The number of rotatable bonds is 1. The molecule has 0 unspecified atom stereocenters. The number of pyridine rings is 2. The molecule has 0 bridgehead atoms. The van der Waals surface area contributed by atoms with Crippen molar-refractivity contribution in [3.8, 4) is 0 Å². The number of aromatic nitrogens is 2. The summed E-state index contributed by atoms with van der Waals surface area (Å²) in [6.45, 7) is 0. The predicted molar refractivity (Wildman–Crippen MR) is 70.2 cm³/mol. The summed E-state index contributed by atoms with van der Waals surface area (Å²) < 4.78 is 22.9. The Bertz CT molecular complexity index is 857. The molecule has 0 aliphatic heterocycles. The first kappa shape index (κ1) is 11.1. The van der Waals surface area contributed by atoms with Gasteiger partial charge in [0.05, 0.1) is 11.0 Å². The monoisotopic (exact) mass is 258 g/mol. The molecule has 3 aromatic rings. The summed E-state index contributed by atoms with van der Waals surface area (Å²) in [6, 6.07) is 10.8. The van der Waals surface area contributed by atoms with Crippen LogP contribution in [0.15, 0.2) is 47.6 Å². The third-order valence-electron chi connectivity index (χ3n) is 2.79. The molecular formula is C13H10N2O2S. The minimum atomic E-state index is -3.28. The molecule has 2 heterocycles. The minimum Gasteiger partial charge on any atom is -0.256 e. The van der Waals surface area contributed by atoms with Crippen LogP contribution >= 0.6 is 0 Å². The van der Waals surface area contributed by atoms with E-state index < -0.39 is 9.84 Å². The van der Waals surface area contributed by atoms with Gasteiger partial charge in [-0.1, -0.05) is 12.1 Å². The van der Waals surface area contributed by atoms with Gasteiger partial charge in [0.2, 0.25) is 0 Å². The van der Waals surface area contributed by atoms with Crippen molar-refractivity contribution in [1.29, 1.82) is 0 Å². The first-order valence-electron chi connectivity index (χ1n) is 5.40. The molecule has 18 heavy (non-hydrogen) atoms. The number of hydrogen-bond donors (Lipinski definition) is 0. The highest BCUT2D eigenvalue weighted by Gasteiger charge is 2.10. The number of hydrogen-bond acceptors (Lipinski definition) is 4. The Morgan fingerprint density at radius 2 is 1.89 bits per heavy atom. The van der Waals surface area contributed by atoms with Crippen LogP contribution in [0.4, 0.5) is 0 Å². The molecule has 0 amide bonds. The maximum atomic E-state index is 11.5. The third kappa shape index (κ3) is 1.73. The lowest BCUT2D eigenvalue weighted by Crippen LogP contribution is -2.00. The van der Waals surface area contributed by atoms with Gasteiger partial charge in [0.15, 0.2) is 14.9 Å². The summed E-state index contributed by atoms with van der Waals surface area (Å²) in [7, 11) is -3.28. The van der Waals surface area contributed by atoms with Crippen LogP contribution in [-0.4, -0.2) is 24.6 Å². The van der Waals surface area contributed by atoms with Crippen LogP contribution in [0, 0.1) is 0 Å². The highest BCUT2D eigenvalue weighted by Crippen LogP contribution is 2.23. The van der Waals surface area contributed by atoms with Gasteiger partial charge in [-0.2, -0.15) is 0 Å². The average molecular weight is 258 g/mol. The van der Waals surface area contributed by atoms with E-state index in [2.05, 4.69) is 9.97 Å². The molecule has 90 valence electrons. The molecule has 0 saturated heterocycles. The molecule has 0 aliphatic carbocycles. The maximum absolute atomic E-state index is 11.5. The topological polar surface area (TPSA) is 59.9 Å². The minimum absolute atomic E-state index is 0.0882. The van der Waals surface area contributed by atoms with Crippen LogP contribution in [-0.2, 0) is 9.84 Å². The Hall–Kier alpha value is -2.01. The van der Waals surface area contributed by atoms with Crippen LogP contribution in [0.1, 0.15) is 0 Å². The van der Waals surface area contributed by atoms with Crippen LogP contribution in [0.3, 0.4) is 0 Å². The molecule has 0 N–H and O–H groups in total. The first-order valence-corrected chi connectivity index (χ1v) is 7.29. The van der Waals surface area contributed by atoms with Crippen molar-refractivity contribution < 1.29 is 8.42 Å². The Kier molecular flexibility index (Phi) is 2.31. The van der Waals surface area contributed by atoms with Crippen LogP contribution < -0.4 is 0 Å². The van der Waals surface area contributed by atoms with Crippen molar-refractivity contribution in [3.05, 3.63) is 42.6 Å². The highest BCUT2D eigenvalue weighted by atomic mass is 32.2. The van der Waals surface area contributed by atoms with Crippen LogP contribution in [0.2, 0.25) is 0 Å². The smallest absolute Gasteiger partial charge is 0.192 e. The van der Waals surface area contributed by atoms with E-state index in [1.807, 2.05) is 24.3 Å². The molecule has 0 radical (unpaired) electrons. The highest BCUT2D eigenvalue weighted by molar-refractivity contribution is 7.90. The number of fused-ring (bicyclic) bond motifs is 3. The van der Waals surface area contributed by atoms with E-state index in [1.54, 1.807) is 12.3 Å². The first-order chi connectivity index (χ1) is 8.55. The fourth-order valence-electron chi connectivity index (χ4n) is 1.94. The number of benzene rings is 1. The third-order valence-corrected chi connectivity index (χ3v) is 3.78. The van der Waals surface area contributed by atoms with E-state index in [0.717, 1.165) is 22.5 Å². The van der Waals surface area contributed by atoms with E-state index in [9.17, 15) is 8.42 Å². The molecule has 0 spiro atoms. The molecule has 0 aliphatic rings. The molecule has 1 aromatic carbocycles. The summed E-state index contributed by atoms with van der Waals surface area (Å²) in [4.78, 5) is 8.48. The van der Waals surface area contributed by atoms with E-state index in [-0.39, 0.29) is 5.03 Å². The van der Waals surface area contributed by atoms with Gasteiger partial charge in [0, 0.05) is 23.2 Å². The standard InChI is InChI=1S/C13H10N2O2S/c1-18(16,17)12-7-5-10-11(15-12)6-4-9-3-2-8-14-13(9)10/h2-8H,1H3. The van der Waals surface area contributed by atoms with Crippen LogP contribution in [0.5, 0.6) is 0 Å². The Balaban J connectivity index is 2.42. The normalized spacial score (nSPS) is 12.1. The molecule has 0 atom stereocenters. The molecule has 2 aromatic heterocycles. The molecule has 0 fully saturated rings. The van der Waals surface area contributed by atoms with Gasteiger partial charge in [-0.05, 0) is 24.3 Å². The number of sulfone groups is 1. The summed E-state index contributed by atoms with van der Waals surface area (Å²) in [5.74, 6) is 0. The second-order valence-corrected chi connectivity index (χ2v) is 6.09. The van der Waals surface area contributed by atoms with E-state index >= 15 is 0 Å². The maximum Gasteiger partial charge on any atom is 0.192 e. The second kappa shape index (κ2) is 3.74. The molecule has 4 nitrogen and oxygen atoms in total. The Morgan fingerprint density at radius 1 is 1.06 bits per heavy atom. The van der Waals surface area contributed by atoms with Gasteiger partial charge in [-0.25, -0.2) is 13.4 Å². The summed E-state index contributed by atoms with van der Waals surface area (Å²) in [5.41, 5.74) is 1.48. The second-order valence-electron chi connectivity index (χ2n) is 4.13.